The van der Waals surface area contributed by atoms with E-state index in [1.54, 1.807) is 18.4 Å². The van der Waals surface area contributed by atoms with E-state index in [0.717, 1.165) is 18.5 Å². The molecule has 2 aromatic rings. The number of carbonyl (C=O) groups excluding carboxylic acids is 1. The van der Waals surface area contributed by atoms with Gasteiger partial charge in [0.2, 0.25) is 0 Å². The largest absolute Gasteiger partial charge is 0.493 e. The van der Waals surface area contributed by atoms with Gasteiger partial charge in [0, 0.05) is 18.0 Å². The van der Waals surface area contributed by atoms with Crippen molar-refractivity contribution in [2.24, 2.45) is 0 Å². The first-order valence-corrected chi connectivity index (χ1v) is 8.85. The zero-order valence-corrected chi connectivity index (χ0v) is 14.8. The Morgan fingerprint density at radius 2 is 2.21 bits per heavy atom. The lowest BCUT2D eigenvalue weighted by Gasteiger charge is -2.27. The summed E-state index contributed by atoms with van der Waals surface area (Å²) in [7, 11) is 1.60. The fourth-order valence-electron chi connectivity index (χ4n) is 2.79. The first-order valence-electron chi connectivity index (χ1n) is 7.98. The van der Waals surface area contributed by atoms with E-state index in [0.29, 0.717) is 18.0 Å². The third kappa shape index (κ3) is 3.62. The lowest BCUT2D eigenvalue weighted by Crippen LogP contribution is -2.38. The predicted octanol–water partition coefficient (Wildman–Crippen LogP) is 3.75. The van der Waals surface area contributed by atoms with Crippen molar-refractivity contribution in [2.75, 3.05) is 20.3 Å². The van der Waals surface area contributed by atoms with Crippen LogP contribution in [0.1, 0.15) is 22.9 Å². The molecule has 4 nitrogen and oxygen atoms in total. The van der Waals surface area contributed by atoms with Crippen molar-refractivity contribution in [1.82, 2.24) is 4.90 Å². The molecule has 1 aliphatic rings. The highest BCUT2D eigenvalue weighted by molar-refractivity contribution is 7.10. The van der Waals surface area contributed by atoms with E-state index in [1.165, 1.54) is 10.4 Å². The van der Waals surface area contributed by atoms with Crippen LogP contribution in [0.4, 0.5) is 0 Å². The van der Waals surface area contributed by atoms with Crippen LogP contribution < -0.4 is 9.47 Å². The minimum absolute atomic E-state index is 0.00596. The number of nitrogens with zero attached hydrogens (tertiary/aromatic N) is 1. The maximum Gasteiger partial charge on any atom is 0.260 e. The molecule has 1 aromatic heterocycles. The maximum atomic E-state index is 12.4. The average molecular weight is 343 g/mol. The molecule has 5 heteroatoms. The molecular formula is C19H21NO3S. The fraction of sp³-hybridized carbons (Fsp3) is 0.316. The number of amides is 1. The van der Waals surface area contributed by atoms with E-state index < -0.39 is 0 Å². The van der Waals surface area contributed by atoms with Gasteiger partial charge >= 0.3 is 0 Å². The number of benzene rings is 1. The summed E-state index contributed by atoms with van der Waals surface area (Å²) in [5.74, 6) is 1.23. The summed E-state index contributed by atoms with van der Waals surface area (Å²) in [4.78, 5) is 15.7. The van der Waals surface area contributed by atoms with Crippen molar-refractivity contribution in [2.45, 2.75) is 19.9 Å². The molecule has 0 radical (unpaired) electrons. The molecule has 0 aliphatic carbocycles. The molecule has 0 saturated carbocycles. The highest BCUT2D eigenvalue weighted by Crippen LogP contribution is 2.29. The molecule has 126 valence electrons. The molecule has 0 fully saturated rings. The molecule has 0 atom stereocenters. The molecule has 0 spiro atoms. The topological polar surface area (TPSA) is 38.8 Å². The Bertz CT molecular complexity index is 751. The number of allylic oxidation sites excluding steroid dienone is 1. The molecule has 0 unspecified atom stereocenters. The normalized spacial score (nSPS) is 13.8. The summed E-state index contributed by atoms with van der Waals surface area (Å²) in [5, 5.41) is 2.09. The standard InChI is InChI=1S/C19H21NO3S/c1-3-4-14-5-6-16(17(11-14)22-2)23-13-19(21)20-9-7-18-15(12-20)8-10-24-18/h3-6,8,10-11H,7,9,12-13H2,1-2H3/b4-3+. The number of thiophene rings is 1. The van der Waals surface area contributed by atoms with Crippen LogP contribution in [0.5, 0.6) is 11.5 Å². The number of rotatable bonds is 5. The third-order valence-corrected chi connectivity index (χ3v) is 5.08. The maximum absolute atomic E-state index is 12.4. The second kappa shape index (κ2) is 7.53. The van der Waals surface area contributed by atoms with Gasteiger partial charge in [0.05, 0.1) is 7.11 Å². The lowest BCUT2D eigenvalue weighted by molar-refractivity contribution is -0.134. The Balaban J connectivity index is 1.62. The van der Waals surface area contributed by atoms with Crippen molar-refractivity contribution in [3.63, 3.8) is 0 Å². The van der Waals surface area contributed by atoms with Gasteiger partial charge in [0.1, 0.15) is 0 Å². The number of carbonyl (C=O) groups is 1. The zero-order valence-electron chi connectivity index (χ0n) is 14.0. The van der Waals surface area contributed by atoms with Gasteiger partial charge in [-0.3, -0.25) is 4.79 Å². The SMILES string of the molecule is C/C=C/c1ccc(OCC(=O)N2CCc3sccc3C2)c(OC)c1. The van der Waals surface area contributed by atoms with E-state index >= 15 is 0 Å². The van der Waals surface area contributed by atoms with Crippen LogP contribution in [0.15, 0.2) is 35.7 Å². The predicted molar refractivity (Wildman–Crippen MR) is 96.6 cm³/mol. The zero-order chi connectivity index (χ0) is 16.9. The van der Waals surface area contributed by atoms with Gasteiger partial charge in [-0.25, -0.2) is 0 Å². The molecule has 2 heterocycles. The summed E-state index contributed by atoms with van der Waals surface area (Å²) >= 11 is 1.77. The summed E-state index contributed by atoms with van der Waals surface area (Å²) in [5.41, 5.74) is 2.29. The number of ether oxygens (including phenoxy) is 2. The Kier molecular flexibility index (Phi) is 5.20. The van der Waals surface area contributed by atoms with Gasteiger partial charge in [-0.1, -0.05) is 18.2 Å². The van der Waals surface area contributed by atoms with Crippen LogP contribution in [0.2, 0.25) is 0 Å². The first-order chi connectivity index (χ1) is 11.7. The van der Waals surface area contributed by atoms with E-state index in [1.807, 2.05) is 42.2 Å². The van der Waals surface area contributed by atoms with Crippen LogP contribution in [0.25, 0.3) is 6.08 Å². The summed E-state index contributed by atoms with van der Waals surface area (Å²) in [6.07, 6.45) is 4.89. The smallest absolute Gasteiger partial charge is 0.260 e. The molecule has 0 bridgehead atoms. The minimum Gasteiger partial charge on any atom is -0.493 e. The van der Waals surface area contributed by atoms with Crippen LogP contribution in [0.3, 0.4) is 0 Å². The fourth-order valence-corrected chi connectivity index (χ4v) is 3.68. The second-order valence-corrected chi connectivity index (χ2v) is 6.63. The molecule has 0 N–H and O–H groups in total. The quantitative estimate of drug-likeness (QED) is 0.830. The molecule has 3 rings (SSSR count). The first kappa shape index (κ1) is 16.6. The van der Waals surface area contributed by atoms with Crippen LogP contribution in [-0.4, -0.2) is 31.1 Å². The highest BCUT2D eigenvalue weighted by Gasteiger charge is 2.22. The Morgan fingerprint density at radius 3 is 3.00 bits per heavy atom. The van der Waals surface area contributed by atoms with Crippen molar-refractivity contribution < 1.29 is 14.3 Å². The van der Waals surface area contributed by atoms with Crippen LogP contribution >= 0.6 is 11.3 Å². The summed E-state index contributed by atoms with van der Waals surface area (Å²) in [6.45, 7) is 3.43. The van der Waals surface area contributed by atoms with E-state index in [2.05, 4.69) is 11.4 Å². The van der Waals surface area contributed by atoms with Gasteiger partial charge in [0.15, 0.2) is 18.1 Å². The van der Waals surface area contributed by atoms with Crippen molar-refractivity contribution >= 4 is 23.3 Å². The molecule has 1 aliphatic heterocycles. The minimum atomic E-state index is 0.00596. The van der Waals surface area contributed by atoms with E-state index in [4.69, 9.17) is 9.47 Å². The Hall–Kier alpha value is -2.27. The monoisotopic (exact) mass is 343 g/mol. The number of methoxy groups -OCH3 is 1. The van der Waals surface area contributed by atoms with Gasteiger partial charge in [-0.05, 0) is 48.1 Å². The van der Waals surface area contributed by atoms with Gasteiger partial charge < -0.3 is 14.4 Å². The van der Waals surface area contributed by atoms with Crippen LogP contribution in [0, 0.1) is 0 Å². The van der Waals surface area contributed by atoms with Gasteiger partial charge in [-0.15, -0.1) is 11.3 Å². The Labute approximate surface area is 146 Å². The molecule has 24 heavy (non-hydrogen) atoms. The average Bonchev–Trinajstić information content (AvgIpc) is 3.08. The molecule has 0 saturated heterocycles. The number of hydrogen-bond donors (Lipinski definition) is 0. The highest BCUT2D eigenvalue weighted by atomic mass is 32.1. The van der Waals surface area contributed by atoms with E-state index in [9.17, 15) is 4.79 Å². The van der Waals surface area contributed by atoms with Crippen molar-refractivity contribution in [3.05, 3.63) is 51.7 Å². The molecule has 1 aromatic carbocycles. The number of fused-ring (bicyclic) bond motifs is 1. The molecule has 1 amide bonds. The van der Waals surface area contributed by atoms with Gasteiger partial charge in [-0.2, -0.15) is 0 Å². The third-order valence-electron chi connectivity index (χ3n) is 4.06. The van der Waals surface area contributed by atoms with Crippen molar-refractivity contribution in [3.8, 4) is 11.5 Å². The van der Waals surface area contributed by atoms with E-state index in [-0.39, 0.29) is 12.5 Å². The lowest BCUT2D eigenvalue weighted by atomic mass is 10.1. The molecular weight excluding hydrogens is 322 g/mol. The Morgan fingerprint density at radius 1 is 1.33 bits per heavy atom. The van der Waals surface area contributed by atoms with Gasteiger partial charge in [0.25, 0.3) is 5.91 Å². The summed E-state index contributed by atoms with van der Waals surface area (Å²) < 4.78 is 11.1. The number of hydrogen-bond acceptors (Lipinski definition) is 4. The van der Waals surface area contributed by atoms with Crippen molar-refractivity contribution in [1.29, 1.82) is 0 Å². The van der Waals surface area contributed by atoms with Crippen LogP contribution in [-0.2, 0) is 17.8 Å². The second-order valence-electron chi connectivity index (χ2n) is 5.63. The summed E-state index contributed by atoms with van der Waals surface area (Å²) in [6, 6.07) is 7.79.